The molecule has 10 nitrogen and oxygen atoms in total. The minimum absolute atomic E-state index is 0.0212. The van der Waals surface area contributed by atoms with Gasteiger partial charge in [-0.25, -0.2) is 13.2 Å². The second-order valence-electron chi connectivity index (χ2n) is 14.5. The van der Waals surface area contributed by atoms with Gasteiger partial charge in [-0.2, -0.15) is 15.1 Å². The first-order valence-corrected chi connectivity index (χ1v) is 16.5. The molecule has 14 heteroatoms. The fourth-order valence-electron chi connectivity index (χ4n) is 8.42. The van der Waals surface area contributed by atoms with Crippen LogP contribution in [0, 0.1) is 16.6 Å². The molecule has 2 aliphatic carbocycles. The lowest BCUT2D eigenvalue weighted by atomic mass is 9.55. The fourth-order valence-corrected chi connectivity index (χ4v) is 8.72. The predicted octanol–water partition coefficient (Wildman–Crippen LogP) is 5.40. The number of anilines is 1. The molecule has 0 unspecified atom stereocenters. The normalized spacial score (nSPS) is 28.5. The Bertz CT molecular complexity index is 1880. The molecule has 7 bridgehead atoms. The van der Waals surface area contributed by atoms with Gasteiger partial charge < -0.3 is 24.4 Å². The van der Waals surface area contributed by atoms with E-state index in [0.717, 1.165) is 12.8 Å². The van der Waals surface area contributed by atoms with Crippen molar-refractivity contribution < 1.29 is 27.8 Å². The Morgan fingerprint density at radius 3 is 2.70 bits per heavy atom. The summed E-state index contributed by atoms with van der Waals surface area (Å²) < 4.78 is 58.2. The highest BCUT2D eigenvalue weighted by molar-refractivity contribution is 6.33. The second kappa shape index (κ2) is 10.9. The fraction of sp³-hybridized carbons (Fsp3) is 0.576. The monoisotopic (exact) mass is 671 g/mol. The number of piperidine rings is 1. The number of rotatable bonds is 5. The Morgan fingerprint density at radius 1 is 1.13 bits per heavy atom. The Kier molecular flexibility index (Phi) is 7.18. The van der Waals surface area contributed by atoms with Crippen molar-refractivity contribution >= 4 is 39.2 Å². The van der Waals surface area contributed by atoms with Crippen molar-refractivity contribution in [2.45, 2.75) is 56.5 Å². The minimum Gasteiger partial charge on any atom is -0.463 e. The molecule has 2 N–H and O–H groups in total. The zero-order valence-electron chi connectivity index (χ0n) is 26.4. The highest BCUT2D eigenvalue weighted by Gasteiger charge is 2.71. The van der Waals surface area contributed by atoms with Crippen LogP contribution in [0.25, 0.3) is 33.1 Å². The Balaban J connectivity index is 1.29. The standard InChI is InChI=1S/C33H37ClF3N7O3/c1-43(2)17-31(15-33(31,36)37)18-47-29-40-26-21-11-38-27(25(26)35)24-19(22(34)10-23-20(24)12-39-42-23)4-8-46-9-6-32(45)13-30(14-32)5-3-7-44(16-30)28(21)41-29/h10-12,45H,3-9,13-18H2,1-2H3,(H,39,42)/t30?,31-,32?/m1/s1. The maximum atomic E-state index is 17.0. The molecule has 2 saturated carbocycles. The van der Waals surface area contributed by atoms with E-state index in [0.29, 0.717) is 90.2 Å². The topological polar surface area (TPSA) is 113 Å². The molecule has 1 atom stereocenters. The molecule has 0 amide bonds. The number of aliphatic hydroxyl groups is 1. The number of ether oxygens (including phenoxy) is 2. The van der Waals surface area contributed by atoms with Crippen molar-refractivity contribution in [3.05, 3.63) is 34.9 Å². The summed E-state index contributed by atoms with van der Waals surface area (Å²) in [5, 5.41) is 19.9. The number of benzene rings is 1. The summed E-state index contributed by atoms with van der Waals surface area (Å²) in [6.07, 6.45) is 6.80. The van der Waals surface area contributed by atoms with E-state index in [-0.39, 0.29) is 42.2 Å². The predicted molar refractivity (Wildman–Crippen MR) is 171 cm³/mol. The van der Waals surface area contributed by atoms with Crippen LogP contribution < -0.4 is 9.64 Å². The highest BCUT2D eigenvalue weighted by atomic mass is 35.5. The van der Waals surface area contributed by atoms with Crippen LogP contribution in [0.4, 0.5) is 19.0 Å². The number of H-pyrrole nitrogens is 1. The number of pyridine rings is 1. The number of alkyl halides is 2. The first kappa shape index (κ1) is 31.0. The maximum absolute atomic E-state index is 17.0. The summed E-state index contributed by atoms with van der Waals surface area (Å²) >= 11 is 6.78. The van der Waals surface area contributed by atoms with Gasteiger partial charge in [0.1, 0.15) is 23.6 Å². The Hall–Kier alpha value is -3.26. The molecule has 7 heterocycles. The number of aromatic amines is 1. The molecule has 1 spiro atoms. The van der Waals surface area contributed by atoms with E-state index in [2.05, 4.69) is 25.1 Å². The lowest BCUT2D eigenvalue weighted by Gasteiger charge is -2.57. The van der Waals surface area contributed by atoms with Gasteiger partial charge in [0, 0.05) is 54.8 Å². The SMILES string of the molecule is CN(C)C[C@@]1(COc2nc3c4cnc(c(F)c4n2)-c2c(c(Cl)cc4[nH]ncc24)CCOCCC2(O)CC4(CCCN3C4)C2)CC1(F)F. The van der Waals surface area contributed by atoms with Gasteiger partial charge in [0.2, 0.25) is 0 Å². The third-order valence-electron chi connectivity index (χ3n) is 10.6. The van der Waals surface area contributed by atoms with Crippen LogP contribution in [0.1, 0.15) is 44.1 Å². The molecule has 0 radical (unpaired) electrons. The molecule has 4 aliphatic heterocycles. The van der Waals surface area contributed by atoms with E-state index in [1.807, 2.05) is 0 Å². The number of aromatic nitrogens is 5. The van der Waals surface area contributed by atoms with Crippen LogP contribution in [0.3, 0.4) is 0 Å². The van der Waals surface area contributed by atoms with Crippen LogP contribution in [0.5, 0.6) is 6.01 Å². The smallest absolute Gasteiger partial charge is 0.319 e. The van der Waals surface area contributed by atoms with Crippen LogP contribution in [-0.2, 0) is 11.2 Å². The lowest BCUT2D eigenvalue weighted by molar-refractivity contribution is -0.145. The van der Waals surface area contributed by atoms with Crippen molar-refractivity contribution in [2.24, 2.45) is 10.8 Å². The number of nitrogens with zero attached hydrogens (tertiary/aromatic N) is 6. The van der Waals surface area contributed by atoms with Crippen LogP contribution in [0.2, 0.25) is 5.02 Å². The minimum atomic E-state index is -2.88. The zero-order chi connectivity index (χ0) is 32.8. The van der Waals surface area contributed by atoms with E-state index in [4.69, 9.17) is 26.1 Å². The molecule has 1 aromatic carbocycles. The van der Waals surface area contributed by atoms with Gasteiger partial charge in [0.25, 0.3) is 5.92 Å². The lowest BCUT2D eigenvalue weighted by Crippen LogP contribution is -2.59. The van der Waals surface area contributed by atoms with Gasteiger partial charge >= 0.3 is 6.01 Å². The van der Waals surface area contributed by atoms with Gasteiger partial charge in [-0.1, -0.05) is 11.6 Å². The summed E-state index contributed by atoms with van der Waals surface area (Å²) in [6, 6.07) is 1.58. The van der Waals surface area contributed by atoms with Gasteiger partial charge in [-0.3, -0.25) is 10.1 Å². The first-order chi connectivity index (χ1) is 22.4. The number of hydrogen-bond donors (Lipinski definition) is 2. The molecule has 47 heavy (non-hydrogen) atoms. The largest absolute Gasteiger partial charge is 0.463 e. The van der Waals surface area contributed by atoms with E-state index >= 15 is 4.39 Å². The molecule has 250 valence electrons. The highest BCUT2D eigenvalue weighted by Crippen LogP contribution is 2.61. The van der Waals surface area contributed by atoms with E-state index < -0.39 is 22.8 Å². The Labute approximate surface area is 274 Å². The summed E-state index contributed by atoms with van der Waals surface area (Å²) in [5.41, 5.74) is -0.590. The summed E-state index contributed by atoms with van der Waals surface area (Å²) in [6.45, 7) is 1.76. The van der Waals surface area contributed by atoms with Gasteiger partial charge in [0.15, 0.2) is 5.82 Å². The molecule has 4 aromatic rings. The summed E-state index contributed by atoms with van der Waals surface area (Å²) in [7, 11) is 3.49. The second-order valence-corrected chi connectivity index (χ2v) is 14.9. The summed E-state index contributed by atoms with van der Waals surface area (Å²) in [5.74, 6) is -3.14. The maximum Gasteiger partial charge on any atom is 0.319 e. The van der Waals surface area contributed by atoms with Crippen molar-refractivity contribution in [2.75, 3.05) is 58.5 Å². The van der Waals surface area contributed by atoms with Crippen molar-refractivity contribution in [3.63, 3.8) is 0 Å². The van der Waals surface area contributed by atoms with E-state index in [1.165, 1.54) is 0 Å². The van der Waals surface area contributed by atoms with Gasteiger partial charge in [-0.05, 0) is 69.7 Å². The molecular weight excluding hydrogens is 635 g/mol. The molecule has 10 rings (SSSR count). The summed E-state index contributed by atoms with van der Waals surface area (Å²) in [4.78, 5) is 17.7. The van der Waals surface area contributed by atoms with Crippen molar-refractivity contribution in [1.82, 2.24) is 30.0 Å². The van der Waals surface area contributed by atoms with Crippen molar-refractivity contribution in [3.8, 4) is 17.3 Å². The number of nitrogens with one attached hydrogen (secondary N) is 1. The Morgan fingerprint density at radius 2 is 1.94 bits per heavy atom. The molecular formula is C33H37ClF3N7O3. The quantitative estimate of drug-likeness (QED) is 0.288. The van der Waals surface area contributed by atoms with Gasteiger partial charge in [0.05, 0.1) is 34.7 Å². The number of halogens is 4. The zero-order valence-corrected chi connectivity index (χ0v) is 27.1. The molecule has 6 aliphatic rings. The third kappa shape index (κ3) is 5.21. The molecule has 3 fully saturated rings. The van der Waals surface area contributed by atoms with Gasteiger partial charge in [-0.15, -0.1) is 0 Å². The third-order valence-corrected chi connectivity index (χ3v) is 10.9. The average Bonchev–Trinajstić information content (AvgIpc) is 3.28. The molecule has 1 saturated heterocycles. The van der Waals surface area contributed by atoms with E-state index in [9.17, 15) is 13.9 Å². The number of fused-ring (bicyclic) bond motifs is 1. The first-order valence-electron chi connectivity index (χ1n) is 16.1. The van der Waals surface area contributed by atoms with Crippen LogP contribution in [-0.4, -0.2) is 100 Å². The van der Waals surface area contributed by atoms with Crippen molar-refractivity contribution in [1.29, 1.82) is 0 Å². The molecule has 3 aromatic heterocycles. The van der Waals surface area contributed by atoms with E-state index in [1.54, 1.807) is 37.5 Å². The average molecular weight is 672 g/mol. The van der Waals surface area contributed by atoms with Crippen LogP contribution in [0.15, 0.2) is 18.5 Å². The van der Waals surface area contributed by atoms with Crippen LogP contribution >= 0.6 is 11.6 Å². The number of hydrogen-bond acceptors (Lipinski definition) is 9.